The summed E-state index contributed by atoms with van der Waals surface area (Å²) < 4.78 is 7.87. The molecule has 0 amide bonds. The lowest BCUT2D eigenvalue weighted by Gasteiger charge is -2.19. The second kappa shape index (κ2) is 4.97. The standard InChI is InChI=1S/C12H21N3O/c1-3-12-10(4-5-16-12)7-15-8-14-6-11(15)9(2)13/h6,8-10,12H,3-5,7,13H2,1-2H3/t9-,10?,12?/m1/s1. The third-order valence-corrected chi connectivity index (χ3v) is 3.39. The predicted molar refractivity (Wildman–Crippen MR) is 63.0 cm³/mol. The molecule has 2 heterocycles. The largest absolute Gasteiger partial charge is 0.378 e. The van der Waals surface area contributed by atoms with E-state index in [1.807, 2.05) is 19.4 Å². The molecular formula is C12H21N3O. The first-order valence-electron chi connectivity index (χ1n) is 6.09. The summed E-state index contributed by atoms with van der Waals surface area (Å²) >= 11 is 0. The zero-order valence-corrected chi connectivity index (χ0v) is 10.1. The number of aromatic nitrogens is 2. The molecule has 2 rings (SSSR count). The SMILES string of the molecule is CCC1OCCC1Cn1cncc1[C@@H](C)N. The average Bonchev–Trinajstić information content (AvgIpc) is 2.86. The molecule has 1 aromatic rings. The van der Waals surface area contributed by atoms with E-state index < -0.39 is 0 Å². The van der Waals surface area contributed by atoms with Crippen molar-refractivity contribution in [1.82, 2.24) is 9.55 Å². The van der Waals surface area contributed by atoms with Crippen LogP contribution in [0, 0.1) is 5.92 Å². The number of rotatable bonds is 4. The van der Waals surface area contributed by atoms with Gasteiger partial charge in [-0.25, -0.2) is 4.98 Å². The van der Waals surface area contributed by atoms with E-state index in [1.165, 1.54) is 0 Å². The molecule has 1 saturated heterocycles. The van der Waals surface area contributed by atoms with Crippen LogP contribution in [0.4, 0.5) is 0 Å². The maximum atomic E-state index is 5.91. The van der Waals surface area contributed by atoms with E-state index in [4.69, 9.17) is 10.5 Å². The van der Waals surface area contributed by atoms with Gasteiger partial charge in [-0.1, -0.05) is 6.92 Å². The summed E-state index contributed by atoms with van der Waals surface area (Å²) in [6, 6.07) is 0.0462. The lowest BCUT2D eigenvalue weighted by atomic mass is 9.99. The van der Waals surface area contributed by atoms with Crippen LogP contribution in [0.2, 0.25) is 0 Å². The Balaban J connectivity index is 2.05. The Morgan fingerprint density at radius 3 is 3.19 bits per heavy atom. The normalized spacial score (nSPS) is 27.2. The van der Waals surface area contributed by atoms with Crippen molar-refractivity contribution in [3.8, 4) is 0 Å². The predicted octanol–water partition coefficient (Wildman–Crippen LogP) is 1.72. The van der Waals surface area contributed by atoms with Gasteiger partial charge in [0, 0.05) is 31.3 Å². The van der Waals surface area contributed by atoms with Gasteiger partial charge in [0.1, 0.15) is 0 Å². The smallest absolute Gasteiger partial charge is 0.0948 e. The van der Waals surface area contributed by atoms with Crippen LogP contribution in [0.25, 0.3) is 0 Å². The number of hydrogen-bond donors (Lipinski definition) is 1. The summed E-state index contributed by atoms with van der Waals surface area (Å²) in [5.41, 5.74) is 7.02. The molecule has 0 aromatic carbocycles. The van der Waals surface area contributed by atoms with Crippen molar-refractivity contribution < 1.29 is 4.74 Å². The Morgan fingerprint density at radius 1 is 1.69 bits per heavy atom. The minimum atomic E-state index is 0.0462. The molecule has 16 heavy (non-hydrogen) atoms. The summed E-state index contributed by atoms with van der Waals surface area (Å²) in [6.07, 6.45) is 6.39. The molecule has 1 fully saturated rings. The summed E-state index contributed by atoms with van der Waals surface area (Å²) in [5.74, 6) is 0.608. The average molecular weight is 223 g/mol. The molecule has 0 aliphatic carbocycles. The first-order valence-corrected chi connectivity index (χ1v) is 6.09. The zero-order chi connectivity index (χ0) is 11.5. The summed E-state index contributed by atoms with van der Waals surface area (Å²) in [4.78, 5) is 4.18. The van der Waals surface area contributed by atoms with Crippen LogP contribution in [0.5, 0.6) is 0 Å². The Bertz CT molecular complexity index is 335. The number of ether oxygens (including phenoxy) is 1. The molecular weight excluding hydrogens is 202 g/mol. The molecule has 2 N–H and O–H groups in total. The number of imidazole rings is 1. The van der Waals surface area contributed by atoms with Crippen LogP contribution in [-0.2, 0) is 11.3 Å². The highest BCUT2D eigenvalue weighted by atomic mass is 16.5. The van der Waals surface area contributed by atoms with Crippen LogP contribution < -0.4 is 5.73 Å². The lowest BCUT2D eigenvalue weighted by molar-refractivity contribution is 0.0832. The van der Waals surface area contributed by atoms with Crippen molar-refractivity contribution in [1.29, 1.82) is 0 Å². The molecule has 0 bridgehead atoms. The van der Waals surface area contributed by atoms with Crippen LogP contribution in [0.3, 0.4) is 0 Å². The van der Waals surface area contributed by atoms with Gasteiger partial charge >= 0.3 is 0 Å². The summed E-state index contributed by atoms with van der Waals surface area (Å²) in [5, 5.41) is 0. The molecule has 1 aliphatic rings. The third-order valence-electron chi connectivity index (χ3n) is 3.39. The number of nitrogens with two attached hydrogens (primary N) is 1. The molecule has 2 unspecified atom stereocenters. The first kappa shape index (κ1) is 11.6. The molecule has 90 valence electrons. The van der Waals surface area contributed by atoms with Gasteiger partial charge in [0.25, 0.3) is 0 Å². The van der Waals surface area contributed by atoms with Gasteiger partial charge in [0.15, 0.2) is 0 Å². The Hall–Kier alpha value is -0.870. The highest BCUT2D eigenvalue weighted by Gasteiger charge is 2.27. The van der Waals surface area contributed by atoms with Gasteiger partial charge < -0.3 is 15.0 Å². The number of nitrogens with zero attached hydrogens (tertiary/aromatic N) is 2. The van der Waals surface area contributed by atoms with E-state index >= 15 is 0 Å². The Labute approximate surface area is 96.8 Å². The van der Waals surface area contributed by atoms with Crippen molar-refractivity contribution >= 4 is 0 Å². The minimum Gasteiger partial charge on any atom is -0.378 e. The van der Waals surface area contributed by atoms with Crippen LogP contribution >= 0.6 is 0 Å². The monoisotopic (exact) mass is 223 g/mol. The van der Waals surface area contributed by atoms with E-state index in [0.29, 0.717) is 12.0 Å². The van der Waals surface area contributed by atoms with Crippen LogP contribution in [-0.4, -0.2) is 22.3 Å². The summed E-state index contributed by atoms with van der Waals surface area (Å²) in [6.45, 7) is 6.06. The quantitative estimate of drug-likeness (QED) is 0.845. The Morgan fingerprint density at radius 2 is 2.50 bits per heavy atom. The summed E-state index contributed by atoms with van der Waals surface area (Å²) in [7, 11) is 0. The fraction of sp³-hybridized carbons (Fsp3) is 0.750. The third kappa shape index (κ3) is 2.28. The van der Waals surface area contributed by atoms with Gasteiger partial charge in [0.2, 0.25) is 0 Å². The molecule has 3 atom stereocenters. The van der Waals surface area contributed by atoms with Gasteiger partial charge in [0.05, 0.1) is 18.1 Å². The van der Waals surface area contributed by atoms with E-state index in [-0.39, 0.29) is 6.04 Å². The van der Waals surface area contributed by atoms with Crippen molar-refractivity contribution in [2.45, 2.75) is 45.4 Å². The molecule has 4 nitrogen and oxygen atoms in total. The molecule has 1 aromatic heterocycles. The van der Waals surface area contributed by atoms with Crippen molar-refractivity contribution in [2.75, 3.05) is 6.61 Å². The fourth-order valence-corrected chi connectivity index (χ4v) is 2.47. The van der Waals surface area contributed by atoms with E-state index in [9.17, 15) is 0 Å². The van der Waals surface area contributed by atoms with Gasteiger partial charge in [-0.05, 0) is 19.8 Å². The minimum absolute atomic E-state index is 0.0462. The van der Waals surface area contributed by atoms with E-state index in [0.717, 1.165) is 31.7 Å². The molecule has 1 aliphatic heterocycles. The van der Waals surface area contributed by atoms with Crippen molar-refractivity contribution in [3.63, 3.8) is 0 Å². The number of hydrogen-bond acceptors (Lipinski definition) is 3. The van der Waals surface area contributed by atoms with Gasteiger partial charge in [-0.2, -0.15) is 0 Å². The zero-order valence-electron chi connectivity index (χ0n) is 10.1. The highest BCUT2D eigenvalue weighted by molar-refractivity contribution is 5.03. The van der Waals surface area contributed by atoms with E-state index in [1.54, 1.807) is 0 Å². The highest BCUT2D eigenvalue weighted by Crippen LogP contribution is 2.25. The second-order valence-electron chi connectivity index (χ2n) is 4.63. The molecule has 0 saturated carbocycles. The van der Waals surface area contributed by atoms with Crippen molar-refractivity contribution in [3.05, 3.63) is 18.2 Å². The molecule has 0 spiro atoms. The van der Waals surface area contributed by atoms with E-state index in [2.05, 4.69) is 16.5 Å². The lowest BCUT2D eigenvalue weighted by Crippen LogP contribution is -2.22. The topological polar surface area (TPSA) is 53.1 Å². The molecule has 0 radical (unpaired) electrons. The Kier molecular flexibility index (Phi) is 3.61. The maximum Gasteiger partial charge on any atom is 0.0948 e. The van der Waals surface area contributed by atoms with Crippen molar-refractivity contribution in [2.24, 2.45) is 11.7 Å². The van der Waals surface area contributed by atoms with Crippen LogP contribution in [0.15, 0.2) is 12.5 Å². The second-order valence-corrected chi connectivity index (χ2v) is 4.63. The molecule has 4 heteroatoms. The van der Waals surface area contributed by atoms with Gasteiger partial charge in [-0.15, -0.1) is 0 Å². The van der Waals surface area contributed by atoms with Crippen LogP contribution in [0.1, 0.15) is 38.4 Å². The van der Waals surface area contributed by atoms with Gasteiger partial charge in [-0.3, -0.25) is 0 Å². The fourth-order valence-electron chi connectivity index (χ4n) is 2.47. The first-order chi connectivity index (χ1) is 7.72. The maximum absolute atomic E-state index is 5.91.